The summed E-state index contributed by atoms with van der Waals surface area (Å²) in [7, 11) is 0. The predicted octanol–water partition coefficient (Wildman–Crippen LogP) is 1.49. The molecule has 2 aliphatic rings. The second kappa shape index (κ2) is 3.67. The quantitative estimate of drug-likeness (QED) is 0.751. The largest absolute Gasteiger partial charge is 0.508 e. The summed E-state index contributed by atoms with van der Waals surface area (Å²) in [5.74, 6) is 1.09. The van der Waals surface area contributed by atoms with Crippen LogP contribution >= 0.6 is 0 Å². The molecule has 3 rings (SSSR count). The smallest absolute Gasteiger partial charge is 0.120 e. The second-order valence-corrected chi connectivity index (χ2v) is 4.86. The van der Waals surface area contributed by atoms with Gasteiger partial charge in [-0.15, -0.1) is 0 Å². The third-order valence-electron chi connectivity index (χ3n) is 4.11. The van der Waals surface area contributed by atoms with Gasteiger partial charge in [0, 0.05) is 23.8 Å². The number of fused-ring (bicyclic) bond motifs is 3. The molecule has 3 nitrogen and oxygen atoms in total. The van der Waals surface area contributed by atoms with E-state index >= 15 is 0 Å². The van der Waals surface area contributed by atoms with E-state index in [1.165, 1.54) is 12.1 Å². The molecule has 16 heavy (non-hydrogen) atoms. The van der Waals surface area contributed by atoms with Gasteiger partial charge in [-0.05, 0) is 43.9 Å². The van der Waals surface area contributed by atoms with Crippen molar-refractivity contribution in [1.82, 2.24) is 0 Å². The van der Waals surface area contributed by atoms with Gasteiger partial charge < -0.3 is 15.7 Å². The van der Waals surface area contributed by atoms with Crippen molar-refractivity contribution >= 4 is 5.69 Å². The van der Waals surface area contributed by atoms with E-state index < -0.39 is 0 Å². The highest BCUT2D eigenvalue weighted by Gasteiger charge is 2.37. The molecule has 1 aromatic carbocycles. The van der Waals surface area contributed by atoms with E-state index in [4.69, 9.17) is 5.73 Å². The van der Waals surface area contributed by atoms with Crippen molar-refractivity contribution in [2.75, 3.05) is 18.0 Å². The number of nitrogens with two attached hydrogens (primary N) is 1. The Bertz CT molecular complexity index is 405. The molecule has 1 aromatic rings. The number of phenols is 1. The van der Waals surface area contributed by atoms with Gasteiger partial charge in [-0.1, -0.05) is 6.07 Å². The predicted molar refractivity (Wildman–Crippen MR) is 64.7 cm³/mol. The van der Waals surface area contributed by atoms with E-state index in [0.717, 1.165) is 31.5 Å². The van der Waals surface area contributed by atoms with Crippen LogP contribution in [0.1, 0.15) is 18.4 Å². The molecule has 0 aromatic heterocycles. The van der Waals surface area contributed by atoms with Gasteiger partial charge in [0.05, 0.1) is 0 Å². The fraction of sp³-hybridized carbons (Fsp3) is 0.538. The number of nitrogens with zero attached hydrogens (tertiary/aromatic N) is 1. The highest BCUT2D eigenvalue weighted by atomic mass is 16.3. The van der Waals surface area contributed by atoms with Crippen molar-refractivity contribution in [3.8, 4) is 5.75 Å². The third-order valence-corrected chi connectivity index (χ3v) is 4.11. The zero-order valence-electron chi connectivity index (χ0n) is 9.39. The molecule has 2 heterocycles. The molecule has 0 bridgehead atoms. The number of aromatic hydroxyl groups is 1. The zero-order chi connectivity index (χ0) is 11.1. The van der Waals surface area contributed by atoms with Gasteiger partial charge in [-0.3, -0.25) is 0 Å². The molecule has 2 aliphatic heterocycles. The molecule has 2 atom stereocenters. The lowest BCUT2D eigenvalue weighted by atomic mass is 9.90. The molecule has 0 spiro atoms. The standard InChI is InChI=1S/C13H18N2O/c14-8-9-6-7-15-11(9)5-4-10-12(15)2-1-3-13(10)16/h1-3,9,11,16H,4-8,14H2. The molecule has 0 aliphatic carbocycles. The highest BCUT2D eigenvalue weighted by Crippen LogP contribution is 2.41. The topological polar surface area (TPSA) is 49.5 Å². The number of hydrogen-bond acceptors (Lipinski definition) is 3. The van der Waals surface area contributed by atoms with Crippen LogP contribution in [0.5, 0.6) is 5.75 Å². The molecular formula is C13H18N2O. The number of phenolic OH excluding ortho intramolecular Hbond substituents is 1. The summed E-state index contributed by atoms with van der Waals surface area (Å²) in [6, 6.07) is 6.45. The number of benzene rings is 1. The van der Waals surface area contributed by atoms with Gasteiger partial charge in [-0.25, -0.2) is 0 Å². The van der Waals surface area contributed by atoms with E-state index in [0.29, 0.717) is 17.7 Å². The maximum Gasteiger partial charge on any atom is 0.120 e. The molecule has 0 amide bonds. The van der Waals surface area contributed by atoms with Gasteiger partial charge in [-0.2, -0.15) is 0 Å². The van der Waals surface area contributed by atoms with E-state index in [9.17, 15) is 5.11 Å². The Labute approximate surface area is 95.9 Å². The summed E-state index contributed by atoms with van der Waals surface area (Å²) in [5, 5.41) is 9.85. The lowest BCUT2D eigenvalue weighted by Crippen LogP contribution is -2.39. The minimum atomic E-state index is 0.451. The van der Waals surface area contributed by atoms with Crippen LogP contribution in [0, 0.1) is 5.92 Å². The molecule has 86 valence electrons. The van der Waals surface area contributed by atoms with Crippen molar-refractivity contribution in [1.29, 1.82) is 0 Å². The molecule has 3 N–H and O–H groups in total. The Kier molecular flexibility index (Phi) is 2.28. The van der Waals surface area contributed by atoms with Gasteiger partial charge in [0.1, 0.15) is 5.75 Å². The summed E-state index contributed by atoms with van der Waals surface area (Å²) in [4.78, 5) is 2.44. The summed E-state index contributed by atoms with van der Waals surface area (Å²) < 4.78 is 0. The average Bonchev–Trinajstić information content (AvgIpc) is 2.72. The number of anilines is 1. The minimum Gasteiger partial charge on any atom is -0.508 e. The van der Waals surface area contributed by atoms with Crippen LogP contribution in [0.2, 0.25) is 0 Å². The summed E-state index contributed by atoms with van der Waals surface area (Å²) in [6.45, 7) is 1.87. The molecule has 0 saturated carbocycles. The van der Waals surface area contributed by atoms with E-state index in [2.05, 4.69) is 11.0 Å². The first-order chi connectivity index (χ1) is 7.81. The maximum atomic E-state index is 9.85. The van der Waals surface area contributed by atoms with Gasteiger partial charge in [0.15, 0.2) is 0 Å². The van der Waals surface area contributed by atoms with Crippen molar-refractivity contribution in [2.24, 2.45) is 11.7 Å². The van der Waals surface area contributed by atoms with E-state index in [1.807, 2.05) is 6.07 Å². The fourth-order valence-electron chi connectivity index (χ4n) is 3.26. The third kappa shape index (κ3) is 1.31. The number of rotatable bonds is 1. The normalized spacial score (nSPS) is 27.7. The Morgan fingerprint density at radius 2 is 2.25 bits per heavy atom. The van der Waals surface area contributed by atoms with Crippen LogP contribution in [0.15, 0.2) is 18.2 Å². The van der Waals surface area contributed by atoms with Gasteiger partial charge in [0.2, 0.25) is 0 Å². The Hall–Kier alpha value is -1.22. The van der Waals surface area contributed by atoms with Crippen LogP contribution in [-0.4, -0.2) is 24.2 Å². The van der Waals surface area contributed by atoms with Crippen LogP contribution in [0.3, 0.4) is 0 Å². The molecule has 0 radical (unpaired) electrons. The second-order valence-electron chi connectivity index (χ2n) is 4.86. The fourth-order valence-corrected chi connectivity index (χ4v) is 3.26. The minimum absolute atomic E-state index is 0.451. The Balaban J connectivity index is 1.99. The van der Waals surface area contributed by atoms with E-state index in [-0.39, 0.29) is 0 Å². The van der Waals surface area contributed by atoms with Crippen LogP contribution in [-0.2, 0) is 6.42 Å². The zero-order valence-corrected chi connectivity index (χ0v) is 9.39. The molecule has 3 heteroatoms. The summed E-state index contributed by atoms with van der Waals surface area (Å²) in [6.07, 6.45) is 3.31. The highest BCUT2D eigenvalue weighted by molar-refractivity contribution is 5.62. The SMILES string of the molecule is NCC1CCN2c3cccc(O)c3CCC12. The lowest BCUT2D eigenvalue weighted by molar-refractivity contribution is 0.430. The Morgan fingerprint density at radius 3 is 3.06 bits per heavy atom. The molecular weight excluding hydrogens is 200 g/mol. The lowest BCUT2D eigenvalue weighted by Gasteiger charge is -2.36. The summed E-state index contributed by atoms with van der Waals surface area (Å²) >= 11 is 0. The molecule has 2 unspecified atom stereocenters. The van der Waals surface area contributed by atoms with E-state index in [1.54, 1.807) is 6.07 Å². The average molecular weight is 218 g/mol. The molecule has 1 fully saturated rings. The van der Waals surface area contributed by atoms with Gasteiger partial charge >= 0.3 is 0 Å². The summed E-state index contributed by atoms with van der Waals surface area (Å²) in [5.41, 5.74) is 8.17. The molecule has 1 saturated heterocycles. The Morgan fingerprint density at radius 1 is 1.38 bits per heavy atom. The maximum absolute atomic E-state index is 9.85. The first-order valence-corrected chi connectivity index (χ1v) is 6.09. The van der Waals surface area contributed by atoms with Crippen molar-refractivity contribution in [2.45, 2.75) is 25.3 Å². The van der Waals surface area contributed by atoms with Crippen molar-refractivity contribution in [3.05, 3.63) is 23.8 Å². The monoisotopic (exact) mass is 218 g/mol. The first kappa shape index (κ1) is 9.97. The van der Waals surface area contributed by atoms with Crippen molar-refractivity contribution < 1.29 is 5.11 Å². The van der Waals surface area contributed by atoms with Crippen LogP contribution in [0.4, 0.5) is 5.69 Å². The van der Waals surface area contributed by atoms with Crippen LogP contribution < -0.4 is 10.6 Å². The van der Waals surface area contributed by atoms with Crippen LogP contribution in [0.25, 0.3) is 0 Å². The first-order valence-electron chi connectivity index (χ1n) is 6.09. The van der Waals surface area contributed by atoms with Crippen molar-refractivity contribution in [3.63, 3.8) is 0 Å². The number of hydrogen-bond donors (Lipinski definition) is 2. The van der Waals surface area contributed by atoms with Gasteiger partial charge in [0.25, 0.3) is 0 Å².